The van der Waals surface area contributed by atoms with Gasteiger partial charge in [0.05, 0.1) is 29.3 Å². The van der Waals surface area contributed by atoms with Gasteiger partial charge in [0.2, 0.25) is 0 Å². The molecule has 0 bridgehead atoms. The topological polar surface area (TPSA) is 63.0 Å². The van der Waals surface area contributed by atoms with Crippen LogP contribution in [0.1, 0.15) is 41.4 Å². The van der Waals surface area contributed by atoms with Gasteiger partial charge in [0.25, 0.3) is 0 Å². The van der Waals surface area contributed by atoms with E-state index in [9.17, 15) is 4.79 Å². The number of pyridine rings is 1. The molecule has 1 aromatic rings. The van der Waals surface area contributed by atoms with Gasteiger partial charge < -0.3 is 4.74 Å². The van der Waals surface area contributed by atoms with E-state index in [2.05, 4.69) is 11.1 Å². The minimum absolute atomic E-state index is 0.339. The Morgan fingerprint density at radius 3 is 2.88 bits per heavy atom. The molecule has 1 fully saturated rings. The molecule has 1 aliphatic rings. The second kappa shape index (κ2) is 4.17. The molecule has 0 aromatic carbocycles. The number of ether oxygens (including phenoxy) is 1. The fraction of sp³-hybridized carbons (Fsp3) is 0.462. The molecular formula is C13H14N2O2. The predicted molar refractivity (Wildman–Crippen MR) is 61.5 cm³/mol. The summed E-state index contributed by atoms with van der Waals surface area (Å²) in [4.78, 5) is 15.9. The van der Waals surface area contributed by atoms with Crippen LogP contribution in [0, 0.1) is 18.3 Å². The van der Waals surface area contributed by atoms with Crippen LogP contribution in [0.15, 0.2) is 12.3 Å². The van der Waals surface area contributed by atoms with Crippen molar-refractivity contribution in [2.45, 2.75) is 32.1 Å². The summed E-state index contributed by atoms with van der Waals surface area (Å²) in [6, 6.07) is 4.04. The van der Waals surface area contributed by atoms with Crippen LogP contribution in [0.25, 0.3) is 0 Å². The zero-order chi connectivity index (χ0) is 12.5. The van der Waals surface area contributed by atoms with Crippen molar-refractivity contribution in [3.8, 4) is 6.07 Å². The van der Waals surface area contributed by atoms with Crippen LogP contribution in [0.2, 0.25) is 0 Å². The maximum Gasteiger partial charge on any atom is 0.339 e. The van der Waals surface area contributed by atoms with Gasteiger partial charge in [-0.15, -0.1) is 0 Å². The molecule has 2 rings (SSSR count). The number of hydrogen-bond acceptors (Lipinski definition) is 4. The van der Waals surface area contributed by atoms with E-state index in [0.29, 0.717) is 17.9 Å². The number of rotatable bonds is 3. The predicted octanol–water partition coefficient (Wildman–Crippen LogP) is 2.12. The number of carbonyl (C=O) groups excluding carboxylic acids is 1. The highest BCUT2D eigenvalue weighted by Gasteiger charge is 2.45. The molecule has 0 amide bonds. The number of esters is 1. The Morgan fingerprint density at radius 1 is 1.65 bits per heavy atom. The molecule has 1 aliphatic carbocycles. The molecule has 0 atom stereocenters. The third-order valence-corrected chi connectivity index (χ3v) is 3.10. The van der Waals surface area contributed by atoms with Gasteiger partial charge >= 0.3 is 5.97 Å². The molecule has 1 saturated carbocycles. The Hall–Kier alpha value is -1.89. The van der Waals surface area contributed by atoms with Gasteiger partial charge in [-0.25, -0.2) is 4.79 Å². The van der Waals surface area contributed by atoms with Crippen molar-refractivity contribution in [3.05, 3.63) is 29.1 Å². The van der Waals surface area contributed by atoms with E-state index in [1.54, 1.807) is 26.1 Å². The maximum absolute atomic E-state index is 11.7. The lowest BCUT2D eigenvalue weighted by Crippen LogP contribution is -2.11. The van der Waals surface area contributed by atoms with E-state index < -0.39 is 5.41 Å². The van der Waals surface area contributed by atoms with E-state index >= 15 is 0 Å². The normalized spacial score (nSPS) is 16.1. The van der Waals surface area contributed by atoms with Crippen LogP contribution in [-0.2, 0) is 10.2 Å². The molecule has 0 spiro atoms. The van der Waals surface area contributed by atoms with E-state index in [1.807, 2.05) is 0 Å². The lowest BCUT2D eigenvalue weighted by Gasteiger charge is -2.10. The monoisotopic (exact) mass is 230 g/mol. The van der Waals surface area contributed by atoms with E-state index in [0.717, 1.165) is 18.4 Å². The Labute approximate surface area is 100 Å². The molecule has 4 heteroatoms. The quantitative estimate of drug-likeness (QED) is 0.746. The van der Waals surface area contributed by atoms with Crippen molar-refractivity contribution in [3.63, 3.8) is 0 Å². The first-order chi connectivity index (χ1) is 8.13. The lowest BCUT2D eigenvalue weighted by atomic mass is 9.97. The second-order valence-electron chi connectivity index (χ2n) is 4.27. The number of hydrogen-bond donors (Lipinski definition) is 0. The van der Waals surface area contributed by atoms with Gasteiger partial charge in [0.1, 0.15) is 0 Å². The Morgan fingerprint density at radius 2 is 2.35 bits per heavy atom. The van der Waals surface area contributed by atoms with Crippen molar-refractivity contribution >= 4 is 5.97 Å². The molecule has 1 aromatic heterocycles. The highest BCUT2D eigenvalue weighted by atomic mass is 16.5. The van der Waals surface area contributed by atoms with E-state index in [-0.39, 0.29) is 5.97 Å². The summed E-state index contributed by atoms with van der Waals surface area (Å²) in [6.07, 6.45) is 3.38. The van der Waals surface area contributed by atoms with Crippen LogP contribution in [-0.4, -0.2) is 17.6 Å². The smallest absolute Gasteiger partial charge is 0.339 e. The standard InChI is InChI=1S/C13H14N2O2/c1-3-17-12(16)11-6-10(7-15-9(11)2)13(8-14)4-5-13/h6-7H,3-5H2,1-2H3. The molecule has 0 unspecified atom stereocenters. The highest BCUT2D eigenvalue weighted by molar-refractivity contribution is 5.90. The lowest BCUT2D eigenvalue weighted by molar-refractivity contribution is 0.0525. The summed E-state index contributed by atoms with van der Waals surface area (Å²) in [5.41, 5.74) is 1.52. The molecule has 1 heterocycles. The van der Waals surface area contributed by atoms with Crippen molar-refractivity contribution in [2.75, 3.05) is 6.61 Å². The fourth-order valence-corrected chi connectivity index (χ4v) is 1.80. The van der Waals surface area contributed by atoms with Crippen LogP contribution in [0.5, 0.6) is 0 Å². The third-order valence-electron chi connectivity index (χ3n) is 3.10. The van der Waals surface area contributed by atoms with Crippen LogP contribution in [0.4, 0.5) is 0 Å². The van der Waals surface area contributed by atoms with Crippen molar-refractivity contribution in [2.24, 2.45) is 0 Å². The average Bonchev–Trinajstić information content (AvgIpc) is 3.11. The minimum Gasteiger partial charge on any atom is -0.462 e. The SMILES string of the molecule is CCOC(=O)c1cc(C2(C#N)CC2)cnc1C. The van der Waals surface area contributed by atoms with Gasteiger partial charge in [-0.2, -0.15) is 5.26 Å². The first-order valence-corrected chi connectivity index (χ1v) is 5.68. The Bertz CT molecular complexity index is 499. The summed E-state index contributed by atoms with van der Waals surface area (Å²) in [5, 5.41) is 9.12. The average molecular weight is 230 g/mol. The van der Waals surface area contributed by atoms with Gasteiger partial charge in [-0.05, 0) is 38.3 Å². The van der Waals surface area contributed by atoms with E-state index in [1.165, 1.54) is 0 Å². The van der Waals surface area contributed by atoms with Gasteiger partial charge in [0.15, 0.2) is 0 Å². The van der Waals surface area contributed by atoms with Crippen molar-refractivity contribution in [1.29, 1.82) is 5.26 Å². The Balaban J connectivity index is 2.37. The molecule has 0 N–H and O–H groups in total. The largest absolute Gasteiger partial charge is 0.462 e. The van der Waals surface area contributed by atoms with Gasteiger partial charge in [0, 0.05) is 6.20 Å². The zero-order valence-corrected chi connectivity index (χ0v) is 9.99. The fourth-order valence-electron chi connectivity index (χ4n) is 1.80. The zero-order valence-electron chi connectivity index (χ0n) is 9.99. The summed E-state index contributed by atoms with van der Waals surface area (Å²) in [6.45, 7) is 3.87. The van der Waals surface area contributed by atoms with Gasteiger partial charge in [-0.1, -0.05) is 0 Å². The van der Waals surface area contributed by atoms with E-state index in [4.69, 9.17) is 10.00 Å². The molecule has 0 aliphatic heterocycles. The number of aromatic nitrogens is 1. The minimum atomic E-state index is -0.415. The second-order valence-corrected chi connectivity index (χ2v) is 4.27. The summed E-state index contributed by atoms with van der Waals surface area (Å²) < 4.78 is 4.97. The first-order valence-electron chi connectivity index (χ1n) is 5.68. The van der Waals surface area contributed by atoms with Crippen molar-refractivity contribution in [1.82, 2.24) is 4.98 Å². The summed E-state index contributed by atoms with van der Waals surface area (Å²) >= 11 is 0. The van der Waals surface area contributed by atoms with Crippen LogP contribution in [0.3, 0.4) is 0 Å². The molecule has 88 valence electrons. The van der Waals surface area contributed by atoms with Crippen molar-refractivity contribution < 1.29 is 9.53 Å². The molecular weight excluding hydrogens is 216 g/mol. The summed E-state index contributed by atoms with van der Waals surface area (Å²) in [7, 11) is 0. The molecule has 0 radical (unpaired) electrons. The van der Waals surface area contributed by atoms with Crippen LogP contribution >= 0.6 is 0 Å². The number of aryl methyl sites for hydroxylation is 1. The third kappa shape index (κ3) is 2.01. The van der Waals surface area contributed by atoms with Crippen LogP contribution < -0.4 is 0 Å². The number of carbonyl (C=O) groups is 1. The van der Waals surface area contributed by atoms with Gasteiger partial charge in [-0.3, -0.25) is 4.98 Å². The molecule has 4 nitrogen and oxygen atoms in total. The first kappa shape index (κ1) is 11.6. The number of nitrogens with zero attached hydrogens (tertiary/aromatic N) is 2. The number of nitriles is 1. The molecule has 0 saturated heterocycles. The highest BCUT2D eigenvalue weighted by Crippen LogP contribution is 2.47. The maximum atomic E-state index is 11.7. The molecule has 17 heavy (non-hydrogen) atoms. The summed E-state index contributed by atoms with van der Waals surface area (Å²) in [5.74, 6) is -0.368. The Kier molecular flexibility index (Phi) is 2.84.